The largest absolute Gasteiger partial charge is 0.493 e. The zero-order valence-electron chi connectivity index (χ0n) is 24.7. The predicted molar refractivity (Wildman–Crippen MR) is 168 cm³/mol. The van der Waals surface area contributed by atoms with Crippen molar-refractivity contribution in [3.05, 3.63) is 88.9 Å². The van der Waals surface area contributed by atoms with Crippen LogP contribution in [0.4, 0.5) is 5.69 Å². The summed E-state index contributed by atoms with van der Waals surface area (Å²) in [4.78, 5) is 29.6. The third-order valence-electron chi connectivity index (χ3n) is 7.57. The molecule has 0 aromatic heterocycles. The molecule has 0 aliphatic heterocycles. The fourth-order valence-corrected chi connectivity index (χ4v) is 6.27. The van der Waals surface area contributed by atoms with Crippen molar-refractivity contribution in [2.24, 2.45) is 0 Å². The van der Waals surface area contributed by atoms with E-state index in [2.05, 4.69) is 5.32 Å². The number of ether oxygens (including phenoxy) is 2. The van der Waals surface area contributed by atoms with Crippen LogP contribution >= 0.6 is 11.6 Å². The molecule has 0 saturated heterocycles. The van der Waals surface area contributed by atoms with Gasteiger partial charge < -0.3 is 19.7 Å². The molecule has 43 heavy (non-hydrogen) atoms. The Balaban J connectivity index is 1.73. The van der Waals surface area contributed by atoms with Crippen LogP contribution in [0.5, 0.6) is 11.5 Å². The first kappa shape index (κ1) is 32.2. The number of amides is 2. The van der Waals surface area contributed by atoms with Crippen LogP contribution in [-0.2, 0) is 32.6 Å². The highest BCUT2D eigenvalue weighted by Crippen LogP contribution is 2.32. The second-order valence-corrected chi connectivity index (χ2v) is 13.0. The molecule has 1 saturated carbocycles. The van der Waals surface area contributed by atoms with Crippen LogP contribution in [0, 0.1) is 0 Å². The molecular weight excluding hydrogens is 590 g/mol. The van der Waals surface area contributed by atoms with Crippen molar-refractivity contribution in [3.8, 4) is 11.5 Å². The summed E-state index contributed by atoms with van der Waals surface area (Å²) in [7, 11) is -0.995. The molecule has 1 aliphatic carbocycles. The Kier molecular flexibility index (Phi) is 10.9. The highest BCUT2D eigenvalue weighted by atomic mass is 35.5. The Morgan fingerprint density at radius 3 is 2.19 bits per heavy atom. The number of sulfonamides is 1. The van der Waals surface area contributed by atoms with Gasteiger partial charge in [0.15, 0.2) is 11.5 Å². The van der Waals surface area contributed by atoms with Crippen molar-refractivity contribution in [1.82, 2.24) is 10.2 Å². The highest BCUT2D eigenvalue weighted by molar-refractivity contribution is 7.92. The van der Waals surface area contributed by atoms with Crippen LogP contribution in [0.1, 0.15) is 36.8 Å². The van der Waals surface area contributed by atoms with Crippen molar-refractivity contribution < 1.29 is 27.5 Å². The van der Waals surface area contributed by atoms with Gasteiger partial charge in [0.2, 0.25) is 21.8 Å². The third kappa shape index (κ3) is 8.64. The van der Waals surface area contributed by atoms with E-state index >= 15 is 0 Å². The maximum atomic E-state index is 14.3. The number of hydrogen-bond acceptors (Lipinski definition) is 6. The molecular formula is C32H38ClN3O6S. The summed E-state index contributed by atoms with van der Waals surface area (Å²) in [5.41, 5.74) is 1.86. The van der Waals surface area contributed by atoms with E-state index in [0.717, 1.165) is 47.4 Å². The van der Waals surface area contributed by atoms with E-state index in [1.165, 1.54) is 25.2 Å². The topological polar surface area (TPSA) is 105 Å². The third-order valence-corrected chi connectivity index (χ3v) is 8.97. The minimum Gasteiger partial charge on any atom is -0.493 e. The number of nitrogens with one attached hydrogen (secondary N) is 1. The molecule has 4 rings (SSSR count). The zero-order valence-corrected chi connectivity index (χ0v) is 26.2. The minimum atomic E-state index is -3.92. The highest BCUT2D eigenvalue weighted by Gasteiger charge is 2.34. The molecule has 1 fully saturated rings. The van der Waals surface area contributed by atoms with E-state index in [0.29, 0.717) is 16.5 Å². The van der Waals surface area contributed by atoms with Crippen LogP contribution in [0.2, 0.25) is 5.02 Å². The van der Waals surface area contributed by atoms with E-state index in [1.54, 1.807) is 36.4 Å². The molecule has 0 bridgehead atoms. The van der Waals surface area contributed by atoms with Gasteiger partial charge in [-0.25, -0.2) is 8.42 Å². The monoisotopic (exact) mass is 627 g/mol. The zero-order chi connectivity index (χ0) is 31.0. The number of rotatable bonds is 13. The normalized spacial score (nSPS) is 14.1. The summed E-state index contributed by atoms with van der Waals surface area (Å²) in [6, 6.07) is 20.3. The molecule has 0 radical (unpaired) electrons. The van der Waals surface area contributed by atoms with E-state index in [-0.39, 0.29) is 30.6 Å². The molecule has 3 aromatic rings. The first-order valence-electron chi connectivity index (χ1n) is 14.2. The van der Waals surface area contributed by atoms with Gasteiger partial charge in [-0.05, 0) is 48.2 Å². The summed E-state index contributed by atoms with van der Waals surface area (Å²) >= 11 is 6.12. The van der Waals surface area contributed by atoms with E-state index in [9.17, 15) is 18.0 Å². The number of anilines is 1. The smallest absolute Gasteiger partial charge is 0.244 e. The molecule has 0 unspecified atom stereocenters. The lowest BCUT2D eigenvalue weighted by Gasteiger charge is -2.34. The summed E-state index contributed by atoms with van der Waals surface area (Å²) in [6.07, 6.45) is 5.14. The second kappa shape index (κ2) is 14.6. The van der Waals surface area contributed by atoms with E-state index in [4.69, 9.17) is 21.1 Å². The minimum absolute atomic E-state index is 0.0394. The molecule has 1 atom stereocenters. The fraction of sp³-hybridized carbons (Fsp3) is 0.375. The van der Waals surface area contributed by atoms with Crippen molar-refractivity contribution in [2.45, 2.75) is 50.7 Å². The van der Waals surface area contributed by atoms with E-state index in [1.807, 2.05) is 30.3 Å². The van der Waals surface area contributed by atoms with Crippen LogP contribution in [0.15, 0.2) is 72.8 Å². The van der Waals surface area contributed by atoms with Crippen LogP contribution in [-0.4, -0.2) is 64.2 Å². The summed E-state index contributed by atoms with van der Waals surface area (Å²) < 4.78 is 37.8. The van der Waals surface area contributed by atoms with E-state index < -0.39 is 28.5 Å². The lowest BCUT2D eigenvalue weighted by Crippen LogP contribution is -2.54. The van der Waals surface area contributed by atoms with Gasteiger partial charge in [-0.1, -0.05) is 66.9 Å². The average molecular weight is 628 g/mol. The summed E-state index contributed by atoms with van der Waals surface area (Å²) in [5.74, 6) is -0.0633. The Morgan fingerprint density at radius 2 is 1.58 bits per heavy atom. The number of carbonyl (C=O) groups is 2. The molecule has 1 N–H and O–H groups in total. The maximum Gasteiger partial charge on any atom is 0.244 e. The van der Waals surface area contributed by atoms with Crippen molar-refractivity contribution in [3.63, 3.8) is 0 Å². The van der Waals surface area contributed by atoms with Gasteiger partial charge in [-0.15, -0.1) is 0 Å². The lowest BCUT2D eigenvalue weighted by molar-refractivity contribution is -0.140. The standard InChI is InChI=1S/C32H38ClN3O6S/c1-41-29-18-17-27(20-30(29)42-2)36(43(3,39)40)22-31(37)35(21-24-13-15-25(33)16-14-24)28(19-23-9-5-4-6-10-23)32(38)34-26-11-7-8-12-26/h4-6,9-10,13-18,20,26,28H,7-8,11-12,19,21-22H2,1-3H3,(H,34,38)/t28-/m1/s1. The number of carbonyl (C=O) groups excluding carboxylic acids is 2. The van der Waals surface area contributed by atoms with Crippen LogP contribution in [0.3, 0.4) is 0 Å². The van der Waals surface area contributed by atoms with Gasteiger partial charge in [0.05, 0.1) is 26.2 Å². The average Bonchev–Trinajstić information content (AvgIpc) is 3.51. The van der Waals surface area contributed by atoms with Crippen LogP contribution in [0.25, 0.3) is 0 Å². The van der Waals surface area contributed by atoms with Crippen molar-refractivity contribution in [1.29, 1.82) is 0 Å². The van der Waals surface area contributed by atoms with Gasteiger partial charge in [-0.2, -0.15) is 0 Å². The second-order valence-electron chi connectivity index (χ2n) is 10.7. The van der Waals surface area contributed by atoms with Crippen molar-refractivity contribution in [2.75, 3.05) is 31.3 Å². The van der Waals surface area contributed by atoms with Gasteiger partial charge >= 0.3 is 0 Å². The van der Waals surface area contributed by atoms with Crippen LogP contribution < -0.4 is 19.1 Å². The predicted octanol–water partition coefficient (Wildman–Crippen LogP) is 4.82. The first-order valence-corrected chi connectivity index (χ1v) is 16.4. The Bertz CT molecular complexity index is 1500. The molecule has 230 valence electrons. The van der Waals surface area contributed by atoms with Gasteiger partial charge in [-0.3, -0.25) is 13.9 Å². The van der Waals surface area contributed by atoms with Gasteiger partial charge in [0.25, 0.3) is 0 Å². The summed E-state index contributed by atoms with van der Waals surface area (Å²) in [5, 5.41) is 3.70. The first-order chi connectivity index (χ1) is 20.6. The molecule has 1 aliphatic rings. The molecule has 3 aromatic carbocycles. The van der Waals surface area contributed by atoms with Gasteiger partial charge in [0.1, 0.15) is 12.6 Å². The Morgan fingerprint density at radius 1 is 0.930 bits per heavy atom. The molecule has 2 amide bonds. The Labute approximate surface area is 258 Å². The fourth-order valence-electron chi connectivity index (χ4n) is 5.30. The van der Waals surface area contributed by atoms with Gasteiger partial charge in [0, 0.05) is 30.1 Å². The number of benzene rings is 3. The molecule has 0 spiro atoms. The maximum absolute atomic E-state index is 14.3. The molecule has 11 heteroatoms. The SMILES string of the molecule is COc1ccc(N(CC(=O)N(Cc2ccc(Cl)cc2)[C@H](Cc2ccccc2)C(=O)NC2CCCC2)S(C)(=O)=O)cc1OC. The number of halogens is 1. The summed E-state index contributed by atoms with van der Waals surface area (Å²) in [6.45, 7) is -0.445. The number of hydrogen-bond donors (Lipinski definition) is 1. The Hall–Kier alpha value is -3.76. The molecule has 0 heterocycles. The molecule has 9 nitrogen and oxygen atoms in total. The number of methoxy groups -OCH3 is 2. The van der Waals surface area contributed by atoms with Crippen molar-refractivity contribution >= 4 is 39.1 Å². The number of nitrogens with zero attached hydrogens (tertiary/aromatic N) is 2. The quantitative estimate of drug-likeness (QED) is 0.291. The lowest BCUT2D eigenvalue weighted by atomic mass is 10.0.